The number of anilines is 1. The first kappa shape index (κ1) is 19.3. The van der Waals surface area contributed by atoms with Crippen molar-refractivity contribution in [3.8, 4) is 17.2 Å². The monoisotopic (exact) mass is 366 g/mol. The van der Waals surface area contributed by atoms with E-state index in [1.807, 2.05) is 0 Å². The molecule has 2 aromatic rings. The number of nitrogens with one attached hydrogen (secondary N) is 2. The Labute approximate surface area is 150 Å². The van der Waals surface area contributed by atoms with E-state index in [4.69, 9.17) is 9.47 Å². The number of alkyl halides is 2. The van der Waals surface area contributed by atoms with Crippen LogP contribution >= 0.6 is 0 Å². The van der Waals surface area contributed by atoms with Gasteiger partial charge in [-0.1, -0.05) is 18.2 Å². The molecule has 0 unspecified atom stereocenters. The van der Waals surface area contributed by atoms with Gasteiger partial charge in [0.25, 0.3) is 0 Å². The van der Waals surface area contributed by atoms with Crippen LogP contribution in [0.1, 0.15) is 11.1 Å². The Morgan fingerprint density at radius 1 is 1.08 bits per heavy atom. The topological polar surface area (TPSA) is 68.8 Å². The molecule has 8 heteroatoms. The number of aryl methyl sites for hydroxylation is 1. The molecule has 0 aliphatic rings. The number of para-hydroxylation sites is 1. The van der Waals surface area contributed by atoms with Crippen LogP contribution in [0.5, 0.6) is 17.2 Å². The molecule has 0 bridgehead atoms. The van der Waals surface area contributed by atoms with E-state index in [0.717, 1.165) is 5.56 Å². The second kappa shape index (κ2) is 8.89. The molecular formula is C18H20F2N2O4. The molecule has 0 aromatic heterocycles. The highest BCUT2D eigenvalue weighted by molar-refractivity contribution is 5.91. The van der Waals surface area contributed by atoms with E-state index < -0.39 is 12.6 Å². The van der Waals surface area contributed by atoms with Crippen LogP contribution < -0.4 is 24.8 Å². The smallest absolute Gasteiger partial charge is 0.387 e. The van der Waals surface area contributed by atoms with Crippen LogP contribution in [0.2, 0.25) is 0 Å². The SMILES string of the molecule is COc1ccc(CNC(=O)Nc2c(C)cccc2OC(F)F)cc1OC. The number of halogens is 2. The van der Waals surface area contributed by atoms with E-state index >= 15 is 0 Å². The van der Waals surface area contributed by atoms with Gasteiger partial charge in [0.05, 0.1) is 19.9 Å². The van der Waals surface area contributed by atoms with Gasteiger partial charge in [-0.2, -0.15) is 8.78 Å². The molecular weight excluding hydrogens is 346 g/mol. The second-order valence-corrected chi connectivity index (χ2v) is 5.32. The van der Waals surface area contributed by atoms with Crippen molar-refractivity contribution in [1.29, 1.82) is 0 Å². The molecule has 0 fully saturated rings. The van der Waals surface area contributed by atoms with Crippen LogP contribution in [-0.4, -0.2) is 26.9 Å². The number of hydrogen-bond acceptors (Lipinski definition) is 4. The highest BCUT2D eigenvalue weighted by Gasteiger charge is 2.14. The summed E-state index contributed by atoms with van der Waals surface area (Å²) in [6, 6.07) is 9.31. The Morgan fingerprint density at radius 2 is 1.81 bits per heavy atom. The molecule has 2 aromatic carbocycles. The van der Waals surface area contributed by atoms with Crippen LogP contribution in [0.3, 0.4) is 0 Å². The Bertz CT molecular complexity index is 769. The largest absolute Gasteiger partial charge is 0.493 e. The number of amides is 2. The molecule has 2 rings (SSSR count). The Balaban J connectivity index is 2.04. The summed E-state index contributed by atoms with van der Waals surface area (Å²) in [5, 5.41) is 5.20. The van der Waals surface area contributed by atoms with E-state index in [9.17, 15) is 13.6 Å². The summed E-state index contributed by atoms with van der Waals surface area (Å²) >= 11 is 0. The first-order chi connectivity index (χ1) is 12.4. The number of ether oxygens (including phenoxy) is 3. The highest BCUT2D eigenvalue weighted by atomic mass is 19.3. The van der Waals surface area contributed by atoms with E-state index in [1.165, 1.54) is 20.3 Å². The minimum absolute atomic E-state index is 0.0960. The van der Waals surface area contributed by atoms with Gasteiger partial charge in [-0.25, -0.2) is 4.79 Å². The first-order valence-corrected chi connectivity index (χ1v) is 7.74. The van der Waals surface area contributed by atoms with Crippen molar-refractivity contribution in [1.82, 2.24) is 5.32 Å². The number of carbonyl (C=O) groups is 1. The number of methoxy groups -OCH3 is 2. The zero-order valence-electron chi connectivity index (χ0n) is 14.6. The maximum atomic E-state index is 12.5. The summed E-state index contributed by atoms with van der Waals surface area (Å²) in [7, 11) is 3.05. The van der Waals surface area contributed by atoms with E-state index in [1.54, 1.807) is 37.3 Å². The van der Waals surface area contributed by atoms with Crippen molar-refractivity contribution in [2.24, 2.45) is 0 Å². The fraction of sp³-hybridized carbons (Fsp3) is 0.278. The lowest BCUT2D eigenvalue weighted by molar-refractivity contribution is -0.0493. The van der Waals surface area contributed by atoms with Crippen LogP contribution in [0, 0.1) is 6.92 Å². The molecule has 0 aliphatic carbocycles. The summed E-state index contributed by atoms with van der Waals surface area (Å²) in [6.07, 6.45) is 0. The number of urea groups is 1. The summed E-state index contributed by atoms with van der Waals surface area (Å²) in [6.45, 7) is -1.09. The molecule has 0 atom stereocenters. The van der Waals surface area contributed by atoms with Crippen LogP contribution in [0.15, 0.2) is 36.4 Å². The number of benzene rings is 2. The minimum Gasteiger partial charge on any atom is -0.493 e. The molecule has 0 saturated carbocycles. The lowest BCUT2D eigenvalue weighted by atomic mass is 10.2. The van der Waals surface area contributed by atoms with E-state index in [-0.39, 0.29) is 18.0 Å². The van der Waals surface area contributed by atoms with E-state index in [0.29, 0.717) is 17.1 Å². The van der Waals surface area contributed by atoms with Crippen LogP contribution in [0.25, 0.3) is 0 Å². The van der Waals surface area contributed by atoms with Gasteiger partial charge in [-0.05, 0) is 36.2 Å². The zero-order chi connectivity index (χ0) is 19.1. The molecule has 2 N–H and O–H groups in total. The highest BCUT2D eigenvalue weighted by Crippen LogP contribution is 2.30. The molecule has 0 saturated heterocycles. The molecule has 0 aliphatic heterocycles. The lowest BCUT2D eigenvalue weighted by Crippen LogP contribution is -2.28. The molecule has 0 spiro atoms. The van der Waals surface area contributed by atoms with Crippen LogP contribution in [0.4, 0.5) is 19.3 Å². The van der Waals surface area contributed by atoms with Gasteiger partial charge in [0, 0.05) is 6.54 Å². The normalized spacial score (nSPS) is 10.4. The van der Waals surface area contributed by atoms with Crippen molar-refractivity contribution < 1.29 is 27.8 Å². The summed E-state index contributed by atoms with van der Waals surface area (Å²) < 4.78 is 39.8. The summed E-state index contributed by atoms with van der Waals surface area (Å²) in [4.78, 5) is 12.1. The number of hydrogen-bond donors (Lipinski definition) is 2. The molecule has 26 heavy (non-hydrogen) atoms. The van der Waals surface area contributed by atoms with Gasteiger partial charge in [0.1, 0.15) is 5.75 Å². The molecule has 2 amide bonds. The Hall–Kier alpha value is -3.03. The van der Waals surface area contributed by atoms with Crippen molar-refractivity contribution in [2.45, 2.75) is 20.1 Å². The predicted octanol–water partition coefficient (Wildman–Crippen LogP) is 3.94. The van der Waals surface area contributed by atoms with Crippen LogP contribution in [-0.2, 0) is 6.54 Å². The third-order valence-corrected chi connectivity index (χ3v) is 3.59. The third-order valence-electron chi connectivity index (χ3n) is 3.59. The molecule has 0 heterocycles. The van der Waals surface area contributed by atoms with Crippen molar-refractivity contribution in [3.05, 3.63) is 47.5 Å². The van der Waals surface area contributed by atoms with Gasteiger partial charge in [-0.3, -0.25) is 0 Å². The van der Waals surface area contributed by atoms with Gasteiger partial charge in [0.15, 0.2) is 11.5 Å². The first-order valence-electron chi connectivity index (χ1n) is 7.74. The van der Waals surface area contributed by atoms with E-state index in [2.05, 4.69) is 15.4 Å². The maximum Gasteiger partial charge on any atom is 0.387 e. The third kappa shape index (κ3) is 4.98. The fourth-order valence-electron chi connectivity index (χ4n) is 2.33. The molecule has 6 nitrogen and oxygen atoms in total. The molecule has 140 valence electrons. The van der Waals surface area contributed by atoms with Crippen molar-refractivity contribution in [2.75, 3.05) is 19.5 Å². The fourth-order valence-corrected chi connectivity index (χ4v) is 2.33. The zero-order valence-corrected chi connectivity index (χ0v) is 14.6. The lowest BCUT2D eigenvalue weighted by Gasteiger charge is -2.15. The average Bonchev–Trinajstić information content (AvgIpc) is 2.62. The quantitative estimate of drug-likeness (QED) is 0.779. The summed E-state index contributed by atoms with van der Waals surface area (Å²) in [5.41, 5.74) is 1.58. The van der Waals surface area contributed by atoms with Crippen molar-refractivity contribution in [3.63, 3.8) is 0 Å². The predicted molar refractivity (Wildman–Crippen MR) is 93.2 cm³/mol. The van der Waals surface area contributed by atoms with Crippen molar-refractivity contribution >= 4 is 11.7 Å². The maximum absolute atomic E-state index is 12.5. The second-order valence-electron chi connectivity index (χ2n) is 5.32. The minimum atomic E-state index is -2.98. The molecule has 0 radical (unpaired) electrons. The van der Waals surface area contributed by atoms with Gasteiger partial charge >= 0.3 is 12.6 Å². The van der Waals surface area contributed by atoms with Gasteiger partial charge in [0.2, 0.25) is 0 Å². The Kier molecular flexibility index (Phi) is 6.60. The number of rotatable bonds is 7. The number of carbonyl (C=O) groups excluding carboxylic acids is 1. The van der Waals surface area contributed by atoms with Gasteiger partial charge < -0.3 is 24.8 Å². The summed E-state index contributed by atoms with van der Waals surface area (Å²) in [5.74, 6) is 1.02. The van der Waals surface area contributed by atoms with Gasteiger partial charge in [-0.15, -0.1) is 0 Å². The Morgan fingerprint density at radius 3 is 2.46 bits per heavy atom. The standard InChI is InChI=1S/C18H20F2N2O4/c1-11-5-4-6-14(26-17(19)20)16(11)22-18(23)21-10-12-7-8-13(24-2)15(9-12)25-3/h4-9,17H,10H2,1-3H3,(H2,21,22,23). The average molecular weight is 366 g/mol.